The van der Waals surface area contributed by atoms with Gasteiger partial charge in [0, 0.05) is 11.4 Å². The standard InChI is InChI=1S/C17H20N2O2S.C7H7.2C6H7.Zr/c1-3-20-15-9-5-13(6-10-15)18-17(22)19-14-7-11-16(12-8-14)21-4-2;1-7-5-3-2-4-6-7;2*1-6-4-2-3-5-6;/h5-12H,3-4H2,1-2H3,(H2,18,19,22);2-6H,1H2;2*2,4H,3H2,1H3;. The van der Waals surface area contributed by atoms with E-state index in [-0.39, 0.29) is 0 Å². The van der Waals surface area contributed by atoms with Crippen molar-refractivity contribution >= 4 is 28.7 Å². The van der Waals surface area contributed by atoms with Gasteiger partial charge in [0.05, 0.1) is 13.2 Å². The van der Waals surface area contributed by atoms with Crippen LogP contribution in [0.4, 0.5) is 11.4 Å². The Morgan fingerprint density at radius 2 is 1.14 bits per heavy atom. The zero-order valence-electron chi connectivity index (χ0n) is 25.1. The van der Waals surface area contributed by atoms with Gasteiger partial charge >= 0.3 is 130 Å². The fourth-order valence-corrected chi connectivity index (χ4v) is 13.3. The van der Waals surface area contributed by atoms with Gasteiger partial charge in [-0.15, -0.1) is 0 Å². The van der Waals surface area contributed by atoms with Gasteiger partial charge in [-0.25, -0.2) is 0 Å². The molecule has 2 N–H and O–H groups in total. The largest absolute Gasteiger partial charge is 0.494 e. The van der Waals surface area contributed by atoms with Crippen molar-refractivity contribution in [3.8, 4) is 11.5 Å². The zero-order valence-corrected chi connectivity index (χ0v) is 28.3. The minimum atomic E-state index is -1.72. The first kappa shape index (κ1) is 31.7. The van der Waals surface area contributed by atoms with Crippen molar-refractivity contribution in [2.75, 3.05) is 23.8 Å². The molecule has 2 aliphatic carbocycles. The van der Waals surface area contributed by atoms with Crippen LogP contribution in [0.5, 0.6) is 11.5 Å². The SMILES string of the molecule is CC1=[C]([Zr]([CH2]c2ccccc2)[C]2=C(C)C=CC2)CC=C1.CCOc1ccc(NC(=S)Nc2ccc(OCC)cc2)cc1. The summed E-state index contributed by atoms with van der Waals surface area (Å²) in [5.74, 6) is 1.69. The maximum absolute atomic E-state index is 5.40. The third-order valence-corrected chi connectivity index (χ3v) is 15.7. The Bertz CT molecular complexity index is 1350. The van der Waals surface area contributed by atoms with Crippen LogP contribution in [0.25, 0.3) is 0 Å². The maximum atomic E-state index is 5.40. The van der Waals surface area contributed by atoms with Gasteiger partial charge in [0.1, 0.15) is 11.5 Å². The average molecular weight is 657 g/mol. The third kappa shape index (κ3) is 9.41. The summed E-state index contributed by atoms with van der Waals surface area (Å²) in [6, 6.07) is 26.4. The first-order chi connectivity index (χ1) is 20.5. The number of allylic oxidation sites excluding steroid dienone is 8. The molecule has 0 fully saturated rings. The van der Waals surface area contributed by atoms with Crippen LogP contribution in [0.15, 0.2) is 121 Å². The second kappa shape index (κ2) is 16.4. The Morgan fingerprint density at radius 3 is 1.52 bits per heavy atom. The van der Waals surface area contributed by atoms with Crippen LogP contribution in [-0.4, -0.2) is 18.3 Å². The molecule has 0 bridgehead atoms. The van der Waals surface area contributed by atoms with E-state index in [1.807, 2.05) is 68.9 Å². The summed E-state index contributed by atoms with van der Waals surface area (Å²) >= 11 is 3.58. The van der Waals surface area contributed by atoms with Crippen molar-refractivity contribution in [3.63, 3.8) is 0 Å². The summed E-state index contributed by atoms with van der Waals surface area (Å²) in [5, 5.41) is 6.80. The number of rotatable bonds is 10. The van der Waals surface area contributed by atoms with Crippen LogP contribution in [-0.2, 0) is 25.9 Å². The molecular weight excluding hydrogens is 616 g/mol. The minimum absolute atomic E-state index is 0.535. The summed E-state index contributed by atoms with van der Waals surface area (Å²) in [7, 11) is 0. The van der Waals surface area contributed by atoms with Crippen LogP contribution < -0.4 is 20.1 Å². The second-order valence-corrected chi connectivity index (χ2v) is 16.8. The topological polar surface area (TPSA) is 42.5 Å². The summed E-state index contributed by atoms with van der Waals surface area (Å²) in [4.78, 5) is 0. The first-order valence-electron chi connectivity index (χ1n) is 14.6. The Labute approximate surface area is 264 Å². The number of ether oxygens (including phenoxy) is 2. The molecule has 0 heterocycles. The van der Waals surface area contributed by atoms with Crippen molar-refractivity contribution < 1.29 is 31.2 Å². The van der Waals surface area contributed by atoms with E-state index in [1.54, 1.807) is 11.1 Å². The Hall–Kier alpha value is -3.21. The predicted octanol–water partition coefficient (Wildman–Crippen LogP) is 9.57. The number of benzene rings is 3. The Kier molecular flexibility index (Phi) is 12.4. The Morgan fingerprint density at radius 1 is 0.690 bits per heavy atom. The van der Waals surface area contributed by atoms with E-state index in [4.69, 9.17) is 21.7 Å². The van der Waals surface area contributed by atoms with Crippen LogP contribution in [0.3, 0.4) is 0 Å². The molecule has 0 saturated carbocycles. The molecule has 6 heteroatoms. The van der Waals surface area contributed by atoms with Gasteiger partial charge in [0.15, 0.2) is 5.11 Å². The van der Waals surface area contributed by atoms with Crippen molar-refractivity contribution in [1.82, 2.24) is 0 Å². The molecule has 0 aromatic heterocycles. The monoisotopic (exact) mass is 655 g/mol. The van der Waals surface area contributed by atoms with Gasteiger partial charge in [-0.1, -0.05) is 0 Å². The van der Waals surface area contributed by atoms with Crippen LogP contribution >= 0.6 is 12.2 Å². The molecule has 0 aliphatic heterocycles. The Balaban J connectivity index is 0.000000193. The molecule has 0 atom stereocenters. The molecule has 3 aromatic carbocycles. The maximum Gasteiger partial charge on any atom is 0.175 e. The van der Waals surface area contributed by atoms with E-state index in [2.05, 4.69) is 79.1 Å². The summed E-state index contributed by atoms with van der Waals surface area (Å²) in [5.41, 5.74) is 6.46. The normalized spacial score (nSPS) is 13.5. The predicted molar refractivity (Wildman–Crippen MR) is 178 cm³/mol. The molecule has 4 nitrogen and oxygen atoms in total. The second-order valence-electron chi connectivity index (χ2n) is 10.2. The minimum Gasteiger partial charge on any atom is -0.494 e. The molecule has 217 valence electrons. The summed E-state index contributed by atoms with van der Waals surface area (Å²) in [6.07, 6.45) is 11.8. The fourth-order valence-electron chi connectivity index (χ4n) is 5.04. The molecule has 5 rings (SSSR count). The van der Waals surface area contributed by atoms with Gasteiger partial charge in [-0.3, -0.25) is 0 Å². The molecule has 42 heavy (non-hydrogen) atoms. The molecule has 2 aliphatic rings. The van der Waals surface area contributed by atoms with Crippen LogP contribution in [0.1, 0.15) is 46.1 Å². The molecule has 0 radical (unpaired) electrons. The van der Waals surface area contributed by atoms with E-state index >= 15 is 0 Å². The molecule has 0 spiro atoms. The average Bonchev–Trinajstić information content (AvgIpc) is 3.63. The number of thiocarbonyl (C=S) groups is 1. The van der Waals surface area contributed by atoms with Crippen molar-refractivity contribution in [2.24, 2.45) is 0 Å². The number of hydrogen-bond acceptors (Lipinski definition) is 3. The zero-order chi connectivity index (χ0) is 29.7. The van der Waals surface area contributed by atoms with Gasteiger partial charge in [0.2, 0.25) is 0 Å². The molecule has 0 saturated heterocycles. The smallest absolute Gasteiger partial charge is 0.175 e. The van der Waals surface area contributed by atoms with Crippen molar-refractivity contribution in [1.29, 1.82) is 0 Å². The van der Waals surface area contributed by atoms with E-state index in [0.29, 0.717) is 18.3 Å². The van der Waals surface area contributed by atoms with Gasteiger partial charge in [0.25, 0.3) is 0 Å². The van der Waals surface area contributed by atoms with Gasteiger partial charge < -0.3 is 20.1 Å². The van der Waals surface area contributed by atoms with E-state index in [1.165, 1.54) is 22.5 Å². The van der Waals surface area contributed by atoms with Crippen molar-refractivity contribution in [3.05, 3.63) is 126 Å². The summed E-state index contributed by atoms with van der Waals surface area (Å²) in [6.45, 7) is 9.85. The third-order valence-electron chi connectivity index (χ3n) is 7.13. The van der Waals surface area contributed by atoms with Gasteiger partial charge in [-0.2, -0.15) is 0 Å². The quantitative estimate of drug-likeness (QED) is 0.213. The molecule has 0 amide bonds. The fraction of sp³-hybridized carbons (Fsp3) is 0.250. The van der Waals surface area contributed by atoms with Crippen LogP contribution in [0, 0.1) is 0 Å². The van der Waals surface area contributed by atoms with Crippen molar-refractivity contribution in [2.45, 2.75) is 44.7 Å². The number of hydrogen-bond donors (Lipinski definition) is 2. The number of nitrogens with one attached hydrogen (secondary N) is 2. The van der Waals surface area contributed by atoms with E-state index in [0.717, 1.165) is 22.9 Å². The van der Waals surface area contributed by atoms with E-state index < -0.39 is 21.8 Å². The molecule has 3 aromatic rings. The molecular formula is C36H41N2O2SZr. The summed E-state index contributed by atoms with van der Waals surface area (Å²) < 4.78 is 15.8. The van der Waals surface area contributed by atoms with Gasteiger partial charge in [-0.05, 0) is 74.6 Å². The van der Waals surface area contributed by atoms with Crippen LogP contribution in [0.2, 0.25) is 0 Å². The number of anilines is 2. The first-order valence-corrected chi connectivity index (χ1v) is 19.2. The van der Waals surface area contributed by atoms with E-state index in [9.17, 15) is 0 Å². The molecule has 0 unspecified atom stereocenters.